The van der Waals surface area contributed by atoms with Gasteiger partial charge >= 0.3 is 12.1 Å². The predicted octanol–water partition coefficient (Wildman–Crippen LogP) is 2.34. The van der Waals surface area contributed by atoms with Gasteiger partial charge in [0.2, 0.25) is 23.6 Å². The van der Waals surface area contributed by atoms with Crippen LogP contribution in [0.1, 0.15) is 84.6 Å². The van der Waals surface area contributed by atoms with Gasteiger partial charge in [0.25, 0.3) is 0 Å². The molecule has 2 rings (SSSR count). The van der Waals surface area contributed by atoms with Gasteiger partial charge in [-0.3, -0.25) is 24.1 Å². The molecular formula is C37H57BN8O8S2. The molecule has 3 atom stereocenters. The molecular weight excluding hydrogens is 759 g/mol. The monoisotopic (exact) mass is 816 g/mol. The van der Waals surface area contributed by atoms with E-state index in [1.165, 1.54) is 16.8 Å². The van der Waals surface area contributed by atoms with Crippen molar-refractivity contribution in [3.05, 3.63) is 29.8 Å². The molecule has 7 amide bonds. The van der Waals surface area contributed by atoms with Gasteiger partial charge in [-0.05, 0) is 74.4 Å². The summed E-state index contributed by atoms with van der Waals surface area (Å²) >= 11 is 10.2. The van der Waals surface area contributed by atoms with E-state index in [-0.39, 0.29) is 61.8 Å². The molecule has 1 aromatic rings. The van der Waals surface area contributed by atoms with E-state index in [1.54, 1.807) is 24.3 Å². The number of ether oxygens (including phenoxy) is 1. The molecule has 1 heterocycles. The first-order chi connectivity index (χ1) is 26.4. The summed E-state index contributed by atoms with van der Waals surface area (Å²) in [6.45, 7) is 8.62. The van der Waals surface area contributed by atoms with E-state index in [1.807, 2.05) is 27.7 Å². The normalized spacial score (nSPS) is 15.1. The van der Waals surface area contributed by atoms with E-state index in [2.05, 4.69) is 26.6 Å². The first-order valence-corrected chi connectivity index (χ1v) is 19.8. The minimum Gasteiger partial charge on any atom is -0.445 e. The maximum Gasteiger partial charge on any atom is 0.409 e. The zero-order valence-corrected chi connectivity index (χ0v) is 34.7. The number of rotatable bonds is 23. The molecule has 16 nitrogen and oxygen atoms in total. The summed E-state index contributed by atoms with van der Waals surface area (Å²) in [6, 6.07) is 4.07. The van der Waals surface area contributed by atoms with Crippen molar-refractivity contribution in [2.75, 3.05) is 38.5 Å². The van der Waals surface area contributed by atoms with E-state index in [4.69, 9.17) is 43.2 Å². The minimum atomic E-state index is -0.990. The van der Waals surface area contributed by atoms with E-state index in [0.29, 0.717) is 56.4 Å². The number of benzene rings is 1. The summed E-state index contributed by atoms with van der Waals surface area (Å²) in [6.07, 6.45) is 2.64. The highest BCUT2D eigenvalue weighted by Gasteiger charge is 2.47. The van der Waals surface area contributed by atoms with E-state index >= 15 is 0 Å². The summed E-state index contributed by atoms with van der Waals surface area (Å²) in [5.41, 5.74) is 5.72. The third-order valence-corrected chi connectivity index (χ3v) is 10.8. The quantitative estimate of drug-likeness (QED) is 0.0280. The number of nitrogens with one attached hydrogen (secondary N) is 5. The molecule has 0 aliphatic carbocycles. The number of amides is 7. The maximum atomic E-state index is 13.6. The third kappa shape index (κ3) is 15.6. The van der Waals surface area contributed by atoms with Crippen molar-refractivity contribution in [1.82, 2.24) is 31.1 Å². The average Bonchev–Trinajstić information content (AvgIpc) is 3.44. The molecule has 1 saturated heterocycles. The lowest BCUT2D eigenvalue weighted by Gasteiger charge is -2.30. The van der Waals surface area contributed by atoms with Crippen LogP contribution < -0.4 is 32.3 Å². The molecule has 0 spiro atoms. The first kappa shape index (κ1) is 47.8. The largest absolute Gasteiger partial charge is 0.445 e. The predicted molar refractivity (Wildman–Crippen MR) is 221 cm³/mol. The number of likely N-dealkylation sites (tertiary alicyclic amines) is 1. The van der Waals surface area contributed by atoms with Gasteiger partial charge in [-0.1, -0.05) is 39.8 Å². The van der Waals surface area contributed by atoms with Crippen LogP contribution in [0.15, 0.2) is 24.3 Å². The van der Waals surface area contributed by atoms with Gasteiger partial charge < -0.3 is 46.7 Å². The van der Waals surface area contributed by atoms with Gasteiger partial charge in [0.1, 0.15) is 18.7 Å². The van der Waals surface area contributed by atoms with Crippen molar-refractivity contribution in [2.24, 2.45) is 17.6 Å². The van der Waals surface area contributed by atoms with Crippen molar-refractivity contribution in [2.45, 2.75) is 102 Å². The van der Waals surface area contributed by atoms with Crippen molar-refractivity contribution < 1.29 is 38.3 Å². The van der Waals surface area contributed by atoms with Crippen LogP contribution in [-0.2, 0) is 35.3 Å². The van der Waals surface area contributed by atoms with Crippen molar-refractivity contribution in [3.8, 4) is 0 Å². The van der Waals surface area contributed by atoms with Gasteiger partial charge in [-0.15, -0.1) is 0 Å². The second-order valence-corrected chi connectivity index (χ2v) is 15.5. The molecule has 1 aromatic carbocycles. The lowest BCUT2D eigenvalue weighted by molar-refractivity contribution is -0.139. The van der Waals surface area contributed by atoms with Crippen LogP contribution >= 0.6 is 24.8 Å². The number of hydrogen-bond donors (Lipinski definition) is 7. The highest BCUT2D eigenvalue weighted by atomic mass is 32.1. The Balaban J connectivity index is 1.94. The number of imide groups is 1. The smallest absolute Gasteiger partial charge is 0.409 e. The van der Waals surface area contributed by atoms with Gasteiger partial charge in [0, 0.05) is 56.5 Å². The lowest BCUT2D eigenvalue weighted by atomic mass is 9.85. The molecule has 1 aliphatic heterocycles. The van der Waals surface area contributed by atoms with Crippen LogP contribution in [0, 0.1) is 11.8 Å². The lowest BCUT2D eigenvalue weighted by Crippen LogP contribution is -2.56. The Morgan fingerprint density at radius 3 is 2.25 bits per heavy atom. The number of carbonyl (C=O) groups excluding carboxylic acids is 7. The molecule has 1 fully saturated rings. The Labute approximate surface area is 341 Å². The number of nitrogens with zero attached hydrogens (tertiary/aromatic N) is 2. The molecule has 0 aromatic heterocycles. The Bertz CT molecular complexity index is 1550. The fourth-order valence-corrected chi connectivity index (χ4v) is 6.42. The fourth-order valence-electron chi connectivity index (χ4n) is 5.99. The third-order valence-electron chi connectivity index (χ3n) is 9.64. The van der Waals surface area contributed by atoms with Gasteiger partial charge in [0.15, 0.2) is 13.0 Å². The first-order valence-electron chi connectivity index (χ1n) is 18.9. The van der Waals surface area contributed by atoms with Crippen molar-refractivity contribution >= 4 is 84.9 Å². The number of primary amides is 1. The number of thiocarbonyl (C=S) groups is 1. The Morgan fingerprint density at radius 2 is 1.66 bits per heavy atom. The highest BCUT2D eigenvalue weighted by molar-refractivity contribution is 7.81. The summed E-state index contributed by atoms with van der Waals surface area (Å²) < 4.78 is 4.75. The van der Waals surface area contributed by atoms with Crippen LogP contribution in [0.3, 0.4) is 0 Å². The molecule has 308 valence electrons. The second kappa shape index (κ2) is 23.6. The van der Waals surface area contributed by atoms with E-state index in [0.717, 1.165) is 0 Å². The van der Waals surface area contributed by atoms with Gasteiger partial charge in [0.05, 0.1) is 11.6 Å². The van der Waals surface area contributed by atoms with Crippen LogP contribution in [0.4, 0.5) is 15.3 Å². The molecule has 0 bridgehead atoms. The molecule has 0 saturated carbocycles. The topological polar surface area (TPSA) is 221 Å². The number of hydrogen-bond acceptors (Lipinski definition) is 10. The average molecular weight is 817 g/mol. The SMILES string of the molecule is [B]C(=O)CCN(C)C(=O)OCc1ccc(NC(=O)[C@H](CCCNC(N)=O)NC(=O)[C@@H](NC(=S)NCCCCN2C(=O)CC(C(S)(CC)CC)C2=O)C(C)C)cc1. The number of unbranched alkanes of at least 4 members (excludes halogenated alkanes) is 1. The van der Waals surface area contributed by atoms with E-state index < -0.39 is 52.4 Å². The summed E-state index contributed by atoms with van der Waals surface area (Å²) in [5.74, 6) is -1.96. The molecule has 56 heavy (non-hydrogen) atoms. The van der Waals surface area contributed by atoms with Crippen LogP contribution in [0.5, 0.6) is 0 Å². The Hall–Kier alpha value is -4.39. The number of nitrogens with two attached hydrogens (primary N) is 1. The Morgan fingerprint density at radius 1 is 1.02 bits per heavy atom. The highest BCUT2D eigenvalue weighted by Crippen LogP contribution is 2.39. The number of urea groups is 1. The van der Waals surface area contributed by atoms with Crippen LogP contribution in [-0.4, -0.2) is 114 Å². The van der Waals surface area contributed by atoms with Gasteiger partial charge in [-0.25, -0.2) is 9.59 Å². The Kier molecular flexibility index (Phi) is 20.2. The molecule has 7 N–H and O–H groups in total. The summed E-state index contributed by atoms with van der Waals surface area (Å²) in [5, 5.41) is 14.4. The van der Waals surface area contributed by atoms with Crippen molar-refractivity contribution in [3.63, 3.8) is 0 Å². The van der Waals surface area contributed by atoms with Crippen LogP contribution in [0.25, 0.3) is 0 Å². The number of thiol groups is 1. The summed E-state index contributed by atoms with van der Waals surface area (Å²) in [7, 11) is 6.61. The second-order valence-electron chi connectivity index (χ2n) is 14.2. The maximum absolute atomic E-state index is 13.6. The fraction of sp³-hybridized carbons (Fsp3) is 0.622. The standard InChI is InChI=1S/C37H57BN8O8S2/c1-6-37(56,7-2)26-21-29(48)46(33(26)51)19-9-8-17-41-35(55)44-30(23(3)4)32(50)43-27(11-10-18-40-34(39)52)31(49)42-25-14-12-24(13-15-25)22-54-36(53)45(5)20-16-28(38)47/h12-15,23,26-27,30,56H,6-11,16-22H2,1-5H3,(H,42,49)(H,43,50)(H3,39,40,52)(H2,41,44,55)/t26?,27-,30-/m0/s1. The number of anilines is 1. The van der Waals surface area contributed by atoms with Gasteiger partial charge in [-0.2, -0.15) is 12.6 Å². The van der Waals surface area contributed by atoms with Crippen molar-refractivity contribution in [1.29, 1.82) is 0 Å². The van der Waals surface area contributed by atoms with E-state index in [9.17, 15) is 33.6 Å². The number of carbonyl (C=O) groups is 7. The van der Waals surface area contributed by atoms with Crippen LogP contribution in [0.2, 0.25) is 0 Å². The zero-order chi connectivity index (χ0) is 42.0. The molecule has 2 radical (unpaired) electrons. The summed E-state index contributed by atoms with van der Waals surface area (Å²) in [4.78, 5) is 89.6. The molecule has 1 unspecified atom stereocenters. The minimum absolute atomic E-state index is 0.00967. The zero-order valence-electron chi connectivity index (χ0n) is 33.0. The molecule has 19 heteroatoms. The molecule has 1 aliphatic rings.